The van der Waals surface area contributed by atoms with Gasteiger partial charge in [0.05, 0.1) is 6.54 Å². The Morgan fingerprint density at radius 1 is 0.491 bits per heavy atom. The molecule has 292 valence electrons. The lowest BCUT2D eigenvalue weighted by Gasteiger charge is -2.35. The number of carbonyl (C=O) groups is 4. The lowest BCUT2D eigenvalue weighted by atomic mass is 9.82. The largest absolute Gasteiger partial charge is 0.293 e. The zero-order chi connectivity index (χ0) is 39.6. The molecule has 8 rings (SSSR count). The Kier molecular flexibility index (Phi) is 11.2. The van der Waals surface area contributed by atoms with E-state index in [1.807, 2.05) is 79.0 Å². The van der Waals surface area contributed by atoms with Gasteiger partial charge in [-0.05, 0) is 87.0 Å². The highest BCUT2D eigenvalue weighted by molar-refractivity contribution is 6.41. The molecule has 4 amide bonds. The Hall–Kier alpha value is -5.43. The minimum Gasteiger partial charge on any atom is -0.293 e. The van der Waals surface area contributed by atoms with Gasteiger partial charge in [-0.15, -0.1) is 0 Å². The van der Waals surface area contributed by atoms with Crippen LogP contribution in [0.5, 0.6) is 0 Å². The number of imide groups is 2. The smallest absolute Gasteiger partial charge is 0.261 e. The van der Waals surface area contributed by atoms with Crippen LogP contribution in [0.15, 0.2) is 77.8 Å². The fourth-order valence-electron chi connectivity index (χ4n) is 9.34. The van der Waals surface area contributed by atoms with E-state index in [2.05, 4.69) is 25.8 Å². The molecule has 57 heavy (non-hydrogen) atoms. The van der Waals surface area contributed by atoms with E-state index < -0.39 is 0 Å². The molecule has 6 aromatic rings. The molecule has 0 spiro atoms. The van der Waals surface area contributed by atoms with Gasteiger partial charge in [-0.3, -0.25) is 34.0 Å². The molecular weight excluding hydrogens is 707 g/mol. The van der Waals surface area contributed by atoms with Crippen LogP contribution in [0, 0.1) is 0 Å². The number of amides is 4. The van der Waals surface area contributed by atoms with Gasteiger partial charge in [0.25, 0.3) is 23.6 Å². The van der Waals surface area contributed by atoms with Gasteiger partial charge in [-0.25, -0.2) is 0 Å². The van der Waals surface area contributed by atoms with Crippen molar-refractivity contribution >= 4 is 72.9 Å². The Balaban J connectivity index is 1.14. The van der Waals surface area contributed by atoms with Gasteiger partial charge in [0.15, 0.2) is 0 Å². The van der Waals surface area contributed by atoms with E-state index in [1.165, 1.54) is 11.3 Å². The molecule has 0 atom stereocenters. The molecule has 6 aromatic carbocycles. The fraction of sp³-hybridized carbons (Fsp3) is 0.380. The molecule has 7 nitrogen and oxygen atoms in total. The molecule has 2 heterocycles. The van der Waals surface area contributed by atoms with Crippen molar-refractivity contribution in [3.63, 3.8) is 0 Å². The van der Waals surface area contributed by atoms with Crippen molar-refractivity contribution in [1.82, 2.24) is 9.80 Å². The molecule has 2 aliphatic heterocycles. The number of benzene rings is 6. The van der Waals surface area contributed by atoms with E-state index in [4.69, 9.17) is 0 Å². The second-order valence-electron chi connectivity index (χ2n) is 16.2. The van der Waals surface area contributed by atoms with Gasteiger partial charge in [0.2, 0.25) is 0 Å². The molecule has 2 aliphatic rings. The van der Waals surface area contributed by atoms with Crippen LogP contribution < -0.4 is 0 Å². The molecule has 0 saturated heterocycles. The first kappa shape index (κ1) is 38.4. The Morgan fingerprint density at radius 3 is 1.39 bits per heavy atom. The van der Waals surface area contributed by atoms with E-state index in [9.17, 15) is 19.2 Å². The Labute approximate surface area is 335 Å². The summed E-state index contributed by atoms with van der Waals surface area (Å²) in [5.41, 5.74) is 3.99. The molecule has 0 fully saturated rings. The van der Waals surface area contributed by atoms with Gasteiger partial charge < -0.3 is 0 Å². The quantitative estimate of drug-likeness (QED) is 0.0287. The van der Waals surface area contributed by atoms with Gasteiger partial charge in [0.1, 0.15) is 0 Å². The molecular formula is C50H53N3O4. The summed E-state index contributed by atoms with van der Waals surface area (Å²) in [6, 6.07) is 23.1. The van der Waals surface area contributed by atoms with Crippen molar-refractivity contribution in [1.29, 1.82) is 0 Å². The second kappa shape index (κ2) is 16.6. The van der Waals surface area contributed by atoms with Crippen LogP contribution in [0.2, 0.25) is 0 Å². The maximum atomic E-state index is 14.5. The van der Waals surface area contributed by atoms with Crippen molar-refractivity contribution in [3.05, 3.63) is 106 Å². The van der Waals surface area contributed by atoms with Crippen LogP contribution in [-0.4, -0.2) is 52.2 Å². The highest BCUT2D eigenvalue weighted by Crippen LogP contribution is 2.46. The fourth-order valence-corrected chi connectivity index (χ4v) is 9.34. The summed E-state index contributed by atoms with van der Waals surface area (Å²) in [7, 11) is 0. The molecule has 7 heteroatoms. The van der Waals surface area contributed by atoms with Crippen LogP contribution >= 0.6 is 0 Å². The summed E-state index contributed by atoms with van der Waals surface area (Å²) in [5.74, 6) is -1.04. The van der Waals surface area contributed by atoms with E-state index >= 15 is 0 Å². The predicted octanol–water partition coefficient (Wildman–Crippen LogP) is 12.0. The average Bonchev–Trinajstić information content (AvgIpc) is 3.23. The van der Waals surface area contributed by atoms with Crippen LogP contribution in [0.1, 0.15) is 157 Å². The number of hydrogen-bond acceptors (Lipinski definition) is 5. The zero-order valence-corrected chi connectivity index (χ0v) is 33.7. The number of unbranched alkanes of at least 4 members (excludes halogenated alkanes) is 8. The lowest BCUT2D eigenvalue weighted by molar-refractivity contribution is 0.0514. The van der Waals surface area contributed by atoms with Gasteiger partial charge in [-0.2, -0.15) is 0 Å². The van der Waals surface area contributed by atoms with Crippen molar-refractivity contribution in [2.45, 2.75) is 117 Å². The minimum absolute atomic E-state index is 0.125. The summed E-state index contributed by atoms with van der Waals surface area (Å²) in [5, 5.41) is 6.72. The molecule has 0 radical (unpaired) electrons. The summed E-state index contributed by atoms with van der Waals surface area (Å²) in [6.07, 6.45) is 15.7. The number of aliphatic imine (C=N–C) groups is 1. The third kappa shape index (κ3) is 6.89. The Morgan fingerprint density at radius 2 is 0.930 bits per heavy atom. The third-order valence-corrected chi connectivity index (χ3v) is 12.3. The highest BCUT2D eigenvalue weighted by atomic mass is 16.2. The first-order valence-corrected chi connectivity index (χ1v) is 21.4. The number of hydrogen-bond donors (Lipinski definition) is 0. The van der Waals surface area contributed by atoms with Crippen LogP contribution in [0.3, 0.4) is 0 Å². The SMILES string of the molecule is CCCCCCC(CCCCCC)N1C(=O)c2ccc3c4ccc5c6c(ccc(c7ccc(c2c37)C1=O)c64)C(=O)N(Cc1ccc(C=NCCCCC)cc1)C5=O. The van der Waals surface area contributed by atoms with E-state index in [-0.39, 0.29) is 36.2 Å². The number of nitrogens with zero attached hydrogens (tertiary/aromatic N) is 3. The van der Waals surface area contributed by atoms with E-state index in [0.29, 0.717) is 33.0 Å². The third-order valence-electron chi connectivity index (χ3n) is 12.3. The molecule has 0 aliphatic carbocycles. The maximum Gasteiger partial charge on any atom is 0.261 e. The first-order valence-electron chi connectivity index (χ1n) is 21.4. The topological polar surface area (TPSA) is 87.1 Å². The van der Waals surface area contributed by atoms with E-state index in [0.717, 1.165) is 127 Å². The van der Waals surface area contributed by atoms with Gasteiger partial charge >= 0.3 is 0 Å². The van der Waals surface area contributed by atoms with Crippen LogP contribution in [0.4, 0.5) is 0 Å². The normalized spacial score (nSPS) is 14.4. The summed E-state index contributed by atoms with van der Waals surface area (Å²) in [4.78, 5) is 64.8. The maximum absolute atomic E-state index is 14.5. The summed E-state index contributed by atoms with van der Waals surface area (Å²) >= 11 is 0. The molecule has 0 N–H and O–H groups in total. The van der Waals surface area contributed by atoms with Crippen LogP contribution in [0.25, 0.3) is 43.1 Å². The molecule has 0 saturated carbocycles. The van der Waals surface area contributed by atoms with Crippen molar-refractivity contribution in [2.75, 3.05) is 6.54 Å². The second-order valence-corrected chi connectivity index (χ2v) is 16.2. The number of rotatable bonds is 18. The monoisotopic (exact) mass is 759 g/mol. The minimum atomic E-state index is -0.316. The standard InChI is InChI=1S/C50H53N3O4/c1-4-7-10-12-15-34(16-13-11-8-5-2)53-49(56)41-27-23-37-35-21-25-39-45-40(26-22-36(43(35)45)38-24-28-42(50(53)57)46(41)44(37)38)48(55)52(47(39)54)31-33-19-17-32(18-20-33)30-51-29-14-9-6-3/h17-28,30,34H,4-16,29,31H2,1-3H3. The van der Waals surface area contributed by atoms with Gasteiger partial charge in [-0.1, -0.05) is 134 Å². The van der Waals surface area contributed by atoms with E-state index in [1.54, 1.807) is 4.90 Å². The molecule has 0 bridgehead atoms. The van der Waals surface area contributed by atoms with Crippen molar-refractivity contribution in [2.24, 2.45) is 4.99 Å². The zero-order valence-electron chi connectivity index (χ0n) is 33.7. The Bertz CT molecular complexity index is 2400. The van der Waals surface area contributed by atoms with Gasteiger partial charge in [0, 0.05) is 51.8 Å². The molecule has 0 unspecified atom stereocenters. The number of fused-ring (bicyclic) bond motifs is 2. The summed E-state index contributed by atoms with van der Waals surface area (Å²) in [6.45, 7) is 7.54. The summed E-state index contributed by atoms with van der Waals surface area (Å²) < 4.78 is 0. The first-order chi connectivity index (χ1) is 27.9. The average molecular weight is 760 g/mol. The number of carbonyl (C=O) groups excluding carboxylic acids is 4. The lowest BCUT2D eigenvalue weighted by Crippen LogP contribution is -2.47. The van der Waals surface area contributed by atoms with Crippen molar-refractivity contribution < 1.29 is 19.2 Å². The van der Waals surface area contributed by atoms with Crippen LogP contribution in [-0.2, 0) is 6.54 Å². The molecule has 0 aromatic heterocycles. The highest BCUT2D eigenvalue weighted by Gasteiger charge is 2.39. The van der Waals surface area contributed by atoms with Crippen molar-refractivity contribution in [3.8, 4) is 0 Å². The predicted molar refractivity (Wildman–Crippen MR) is 232 cm³/mol.